The number of carbonyl (C=O) groups is 1. The van der Waals surface area contributed by atoms with Crippen molar-refractivity contribution in [3.63, 3.8) is 0 Å². The molecule has 5 heteroatoms. The predicted octanol–water partition coefficient (Wildman–Crippen LogP) is 8.30. The van der Waals surface area contributed by atoms with Gasteiger partial charge in [0.25, 0.3) is 0 Å². The first-order chi connectivity index (χ1) is 20.3. The first kappa shape index (κ1) is 29.8. The van der Waals surface area contributed by atoms with Crippen molar-refractivity contribution in [2.24, 2.45) is 0 Å². The molecule has 0 aromatic heterocycles. The van der Waals surface area contributed by atoms with Crippen LogP contribution in [-0.4, -0.2) is 42.4 Å². The number of amides is 1. The quantitative estimate of drug-likeness (QED) is 0.182. The van der Waals surface area contributed by atoms with Gasteiger partial charge in [-0.05, 0) is 79.1 Å². The molecule has 0 bridgehead atoms. The number of aryl methyl sites for hydroxylation is 1. The first-order valence-electron chi connectivity index (χ1n) is 15.1. The van der Waals surface area contributed by atoms with Crippen molar-refractivity contribution in [3.05, 3.63) is 119 Å². The van der Waals surface area contributed by atoms with E-state index in [9.17, 15) is 4.79 Å². The second-order valence-corrected chi connectivity index (χ2v) is 12.2. The smallest absolute Gasteiger partial charge is 0.410 e. The highest BCUT2D eigenvalue weighted by Crippen LogP contribution is 2.32. The Labute approximate surface area is 250 Å². The molecule has 1 aliphatic rings. The predicted molar refractivity (Wildman–Crippen MR) is 169 cm³/mol. The number of carbonyl (C=O) groups excluding carboxylic acids is 1. The Balaban J connectivity index is 1.21. The van der Waals surface area contributed by atoms with Crippen LogP contribution in [0.15, 0.2) is 97.1 Å². The van der Waals surface area contributed by atoms with Crippen molar-refractivity contribution in [2.75, 3.05) is 19.7 Å². The summed E-state index contributed by atoms with van der Waals surface area (Å²) in [5.74, 6) is 0.201. The molecule has 1 fully saturated rings. The summed E-state index contributed by atoms with van der Waals surface area (Å²) in [7, 11) is 0. The molecule has 0 spiro atoms. The summed E-state index contributed by atoms with van der Waals surface area (Å²) in [4.78, 5) is 14.7. The van der Waals surface area contributed by atoms with Crippen molar-refractivity contribution in [1.82, 2.24) is 4.90 Å². The number of hydrogen-bond donors (Lipinski definition) is 0. The zero-order chi connectivity index (χ0) is 29.4. The molecule has 1 heterocycles. The van der Waals surface area contributed by atoms with E-state index >= 15 is 0 Å². The van der Waals surface area contributed by atoms with Gasteiger partial charge < -0.3 is 19.1 Å². The lowest BCUT2D eigenvalue weighted by Gasteiger charge is -2.39. The highest BCUT2D eigenvalue weighted by Gasteiger charge is 2.35. The van der Waals surface area contributed by atoms with Crippen LogP contribution >= 0.6 is 0 Å². The fraction of sp³-hybridized carbons (Fsp3) is 0.378. The summed E-state index contributed by atoms with van der Waals surface area (Å²) in [6.45, 7) is 8.76. The third-order valence-corrected chi connectivity index (χ3v) is 7.76. The van der Waals surface area contributed by atoms with Gasteiger partial charge in [0.15, 0.2) is 0 Å². The SMILES string of the molecule is CC(C)(C)OC(=O)N1CCC(c2ccc(CCCOCc3ccccc3)cc2)C(OCc2ccc3ccccc3c2)C1. The van der Waals surface area contributed by atoms with E-state index in [1.54, 1.807) is 4.90 Å². The zero-order valence-corrected chi connectivity index (χ0v) is 25.1. The number of ether oxygens (including phenoxy) is 3. The molecule has 0 N–H and O–H groups in total. The zero-order valence-electron chi connectivity index (χ0n) is 25.1. The third-order valence-electron chi connectivity index (χ3n) is 7.76. The van der Waals surface area contributed by atoms with E-state index in [-0.39, 0.29) is 18.1 Å². The van der Waals surface area contributed by atoms with Gasteiger partial charge in [-0.15, -0.1) is 0 Å². The molecule has 0 radical (unpaired) electrons. The largest absolute Gasteiger partial charge is 0.444 e. The molecule has 1 saturated heterocycles. The Morgan fingerprint density at radius 3 is 2.29 bits per heavy atom. The minimum atomic E-state index is -0.530. The van der Waals surface area contributed by atoms with Gasteiger partial charge in [0.1, 0.15) is 5.60 Å². The number of hydrogen-bond acceptors (Lipinski definition) is 4. The molecule has 4 aromatic rings. The van der Waals surface area contributed by atoms with E-state index in [0.29, 0.717) is 26.3 Å². The molecule has 220 valence electrons. The van der Waals surface area contributed by atoms with E-state index in [4.69, 9.17) is 14.2 Å². The summed E-state index contributed by atoms with van der Waals surface area (Å²) in [6, 6.07) is 34.1. The molecule has 2 atom stereocenters. The summed E-state index contributed by atoms with van der Waals surface area (Å²) in [5, 5.41) is 2.42. The van der Waals surface area contributed by atoms with Crippen LogP contribution in [-0.2, 0) is 33.8 Å². The van der Waals surface area contributed by atoms with Gasteiger partial charge in [0.2, 0.25) is 0 Å². The molecule has 5 nitrogen and oxygen atoms in total. The molecule has 42 heavy (non-hydrogen) atoms. The van der Waals surface area contributed by atoms with Crippen LogP contribution in [0.3, 0.4) is 0 Å². The van der Waals surface area contributed by atoms with Crippen molar-refractivity contribution < 1.29 is 19.0 Å². The van der Waals surface area contributed by atoms with Crippen LogP contribution in [0.5, 0.6) is 0 Å². The van der Waals surface area contributed by atoms with E-state index in [1.807, 2.05) is 39.0 Å². The Morgan fingerprint density at radius 2 is 1.52 bits per heavy atom. The lowest BCUT2D eigenvalue weighted by Crippen LogP contribution is -2.48. The van der Waals surface area contributed by atoms with Crippen LogP contribution in [0.1, 0.15) is 61.8 Å². The Bertz CT molecular complexity index is 1430. The molecule has 1 amide bonds. The lowest BCUT2D eigenvalue weighted by molar-refractivity contribution is -0.0359. The number of nitrogens with zero attached hydrogens (tertiary/aromatic N) is 1. The molecule has 0 aliphatic carbocycles. The number of benzene rings is 4. The van der Waals surface area contributed by atoms with Gasteiger partial charge in [-0.3, -0.25) is 0 Å². The molecular formula is C37H43NO4. The molecule has 0 saturated carbocycles. The summed E-state index contributed by atoms with van der Waals surface area (Å²) < 4.78 is 18.1. The Kier molecular flexibility index (Phi) is 9.93. The number of likely N-dealkylation sites (tertiary alicyclic amines) is 1. The summed E-state index contributed by atoms with van der Waals surface area (Å²) in [6.07, 6.45) is 2.39. The standard InChI is InChI=1S/C37H43NO4/c1-37(2,3)42-36(39)38-22-21-34(35(25-38)41-27-30-17-18-31-13-7-8-14-33(31)24-30)32-19-15-28(16-20-32)12-9-23-40-26-29-10-5-4-6-11-29/h4-8,10-11,13-20,24,34-35H,9,12,21-23,25-27H2,1-3H3. The number of fused-ring (bicyclic) bond motifs is 1. The molecular weight excluding hydrogens is 522 g/mol. The molecule has 1 aliphatic heterocycles. The second kappa shape index (κ2) is 14.0. The molecule has 5 rings (SSSR count). The minimum Gasteiger partial charge on any atom is -0.444 e. The van der Waals surface area contributed by atoms with Crippen LogP contribution in [0.25, 0.3) is 10.8 Å². The van der Waals surface area contributed by atoms with Crippen LogP contribution < -0.4 is 0 Å². The fourth-order valence-electron chi connectivity index (χ4n) is 5.56. The average molecular weight is 566 g/mol. The minimum absolute atomic E-state index is 0.130. The van der Waals surface area contributed by atoms with E-state index in [1.165, 1.54) is 27.5 Å². The van der Waals surface area contributed by atoms with Gasteiger partial charge in [-0.2, -0.15) is 0 Å². The highest BCUT2D eigenvalue weighted by atomic mass is 16.6. The molecule has 2 unspecified atom stereocenters. The lowest BCUT2D eigenvalue weighted by atomic mass is 9.86. The van der Waals surface area contributed by atoms with Crippen molar-refractivity contribution in [3.8, 4) is 0 Å². The Hall–Kier alpha value is -3.67. The van der Waals surface area contributed by atoms with Gasteiger partial charge in [-0.1, -0.05) is 91.0 Å². The second-order valence-electron chi connectivity index (χ2n) is 12.2. The number of rotatable bonds is 10. The topological polar surface area (TPSA) is 48.0 Å². The molecule has 4 aromatic carbocycles. The van der Waals surface area contributed by atoms with Crippen molar-refractivity contribution in [1.29, 1.82) is 0 Å². The first-order valence-corrected chi connectivity index (χ1v) is 15.1. The van der Waals surface area contributed by atoms with Gasteiger partial charge in [0, 0.05) is 19.1 Å². The Morgan fingerprint density at radius 1 is 0.810 bits per heavy atom. The maximum Gasteiger partial charge on any atom is 0.410 e. The fourth-order valence-corrected chi connectivity index (χ4v) is 5.56. The third kappa shape index (κ3) is 8.43. The van der Waals surface area contributed by atoms with Crippen LogP contribution in [0.2, 0.25) is 0 Å². The van der Waals surface area contributed by atoms with Crippen molar-refractivity contribution >= 4 is 16.9 Å². The van der Waals surface area contributed by atoms with Crippen molar-refractivity contribution in [2.45, 2.75) is 70.9 Å². The van der Waals surface area contributed by atoms with Crippen LogP contribution in [0, 0.1) is 0 Å². The van der Waals surface area contributed by atoms with Crippen LogP contribution in [0.4, 0.5) is 4.79 Å². The van der Waals surface area contributed by atoms with Gasteiger partial charge >= 0.3 is 6.09 Å². The summed E-state index contributed by atoms with van der Waals surface area (Å²) in [5.41, 5.74) is 4.37. The normalized spacial score (nSPS) is 17.4. The van der Waals surface area contributed by atoms with E-state index in [0.717, 1.165) is 31.4 Å². The monoisotopic (exact) mass is 565 g/mol. The van der Waals surface area contributed by atoms with E-state index in [2.05, 4.69) is 78.9 Å². The van der Waals surface area contributed by atoms with E-state index < -0.39 is 5.60 Å². The van der Waals surface area contributed by atoms with Gasteiger partial charge in [0.05, 0.1) is 25.9 Å². The average Bonchev–Trinajstić information content (AvgIpc) is 2.99. The summed E-state index contributed by atoms with van der Waals surface area (Å²) >= 11 is 0. The van der Waals surface area contributed by atoms with Gasteiger partial charge in [-0.25, -0.2) is 4.79 Å². The maximum atomic E-state index is 12.9. The maximum absolute atomic E-state index is 12.9. The highest BCUT2D eigenvalue weighted by molar-refractivity contribution is 5.82. The number of piperidine rings is 1.